The van der Waals surface area contributed by atoms with Gasteiger partial charge >= 0.3 is 5.97 Å². The highest BCUT2D eigenvalue weighted by Crippen LogP contribution is 2.26. The summed E-state index contributed by atoms with van der Waals surface area (Å²) in [4.78, 5) is 25.9. The number of carbonyl (C=O) groups is 1. The molecule has 8 heteroatoms. The fourth-order valence-corrected chi connectivity index (χ4v) is 4.34. The smallest absolute Gasteiger partial charge is 0.310 e. The molecule has 1 fully saturated rings. The highest BCUT2D eigenvalue weighted by atomic mass is 16.5. The molecule has 0 aliphatic carbocycles. The van der Waals surface area contributed by atoms with Crippen molar-refractivity contribution < 1.29 is 9.53 Å². The molecule has 0 unspecified atom stereocenters. The summed E-state index contributed by atoms with van der Waals surface area (Å²) < 4.78 is 6.96. The van der Waals surface area contributed by atoms with E-state index < -0.39 is 0 Å². The molecule has 8 nitrogen and oxygen atoms in total. The number of hydrogen-bond acceptors (Lipinski definition) is 7. The van der Waals surface area contributed by atoms with Gasteiger partial charge in [0.15, 0.2) is 0 Å². The zero-order valence-corrected chi connectivity index (χ0v) is 20.3. The minimum Gasteiger partial charge on any atom is -0.466 e. The van der Waals surface area contributed by atoms with Crippen LogP contribution in [-0.2, 0) is 27.9 Å². The van der Waals surface area contributed by atoms with Gasteiger partial charge in [0.1, 0.15) is 12.1 Å². The number of piperazine rings is 1. The first-order chi connectivity index (χ1) is 15.8. The molecule has 4 rings (SSSR count). The average molecular weight is 451 g/mol. The molecule has 1 aliphatic heterocycles. The number of fused-ring (bicyclic) bond motifs is 1. The third-order valence-electron chi connectivity index (χ3n) is 6.23. The van der Waals surface area contributed by atoms with E-state index in [1.54, 1.807) is 4.52 Å². The van der Waals surface area contributed by atoms with Crippen LogP contribution in [0.4, 0.5) is 5.82 Å². The molecule has 2 aromatic heterocycles. The van der Waals surface area contributed by atoms with E-state index >= 15 is 0 Å². The monoisotopic (exact) mass is 450 g/mol. The van der Waals surface area contributed by atoms with Crippen LogP contribution in [0.3, 0.4) is 0 Å². The van der Waals surface area contributed by atoms with Crippen LogP contribution in [0, 0.1) is 6.92 Å². The molecule has 0 spiro atoms. The second kappa shape index (κ2) is 9.47. The van der Waals surface area contributed by atoms with Crippen molar-refractivity contribution >= 4 is 17.6 Å². The maximum atomic E-state index is 12.3. The molecule has 1 aromatic carbocycles. The van der Waals surface area contributed by atoms with E-state index in [-0.39, 0.29) is 17.8 Å². The number of esters is 1. The number of aromatic nitrogens is 4. The van der Waals surface area contributed by atoms with Crippen molar-refractivity contribution in [3.63, 3.8) is 0 Å². The van der Waals surface area contributed by atoms with Gasteiger partial charge in [-0.15, -0.1) is 0 Å². The Balaban J connectivity index is 1.49. The molecule has 0 atom stereocenters. The van der Waals surface area contributed by atoms with Crippen LogP contribution in [0.25, 0.3) is 5.78 Å². The number of benzene rings is 1. The Morgan fingerprint density at radius 1 is 1.09 bits per heavy atom. The molecule has 3 heterocycles. The average Bonchev–Trinajstić information content (AvgIpc) is 3.23. The molecular formula is C25H34N6O2. The SMILES string of the molecule is CCOC(=O)Cc1c(C)nc2ncnn2c1N1CCN(Cc2ccc(C(C)(C)C)cc2)CC1. The molecule has 176 valence electrons. The summed E-state index contributed by atoms with van der Waals surface area (Å²) in [6.45, 7) is 15.3. The molecule has 0 amide bonds. The zero-order chi connectivity index (χ0) is 23.6. The normalized spacial score (nSPS) is 15.2. The lowest BCUT2D eigenvalue weighted by molar-refractivity contribution is -0.142. The number of carbonyl (C=O) groups excluding carboxylic acids is 1. The van der Waals surface area contributed by atoms with Crippen LogP contribution in [0.5, 0.6) is 0 Å². The Labute approximate surface area is 195 Å². The van der Waals surface area contributed by atoms with Crippen LogP contribution in [0.2, 0.25) is 0 Å². The van der Waals surface area contributed by atoms with Gasteiger partial charge in [-0.25, -0.2) is 4.98 Å². The predicted molar refractivity (Wildman–Crippen MR) is 128 cm³/mol. The summed E-state index contributed by atoms with van der Waals surface area (Å²) >= 11 is 0. The van der Waals surface area contributed by atoms with E-state index in [1.807, 2.05) is 13.8 Å². The van der Waals surface area contributed by atoms with Crippen LogP contribution in [-0.4, -0.2) is 63.2 Å². The van der Waals surface area contributed by atoms with Crippen molar-refractivity contribution in [2.24, 2.45) is 0 Å². The van der Waals surface area contributed by atoms with Gasteiger partial charge in [0, 0.05) is 44.0 Å². The van der Waals surface area contributed by atoms with Gasteiger partial charge in [0.25, 0.3) is 5.78 Å². The van der Waals surface area contributed by atoms with E-state index in [4.69, 9.17) is 4.74 Å². The number of rotatable bonds is 6. The fourth-order valence-electron chi connectivity index (χ4n) is 4.34. The third kappa shape index (κ3) is 5.16. The lowest BCUT2D eigenvalue weighted by Gasteiger charge is -2.37. The van der Waals surface area contributed by atoms with Gasteiger partial charge in [-0.3, -0.25) is 9.69 Å². The summed E-state index contributed by atoms with van der Waals surface area (Å²) in [5.41, 5.74) is 4.51. The summed E-state index contributed by atoms with van der Waals surface area (Å²) in [5, 5.41) is 4.40. The van der Waals surface area contributed by atoms with Crippen molar-refractivity contribution in [3.8, 4) is 0 Å². The molecule has 1 aliphatic rings. The number of anilines is 1. The van der Waals surface area contributed by atoms with E-state index in [1.165, 1.54) is 17.5 Å². The lowest BCUT2D eigenvalue weighted by Crippen LogP contribution is -2.47. The molecule has 0 bridgehead atoms. The minimum absolute atomic E-state index is 0.167. The molecule has 1 saturated heterocycles. The van der Waals surface area contributed by atoms with Crippen molar-refractivity contribution in [3.05, 3.63) is 53.0 Å². The summed E-state index contributed by atoms with van der Waals surface area (Å²) in [6.07, 6.45) is 1.69. The molecule has 0 N–H and O–H groups in total. The molecular weight excluding hydrogens is 416 g/mol. The largest absolute Gasteiger partial charge is 0.466 e. The first-order valence-electron chi connectivity index (χ1n) is 11.7. The van der Waals surface area contributed by atoms with E-state index in [9.17, 15) is 4.79 Å². The first kappa shape index (κ1) is 23.2. The maximum Gasteiger partial charge on any atom is 0.310 e. The quantitative estimate of drug-likeness (QED) is 0.534. The second-order valence-electron chi connectivity index (χ2n) is 9.66. The summed E-state index contributed by atoms with van der Waals surface area (Å²) in [6, 6.07) is 8.98. The second-order valence-corrected chi connectivity index (χ2v) is 9.66. The molecule has 3 aromatic rings. The highest BCUT2D eigenvalue weighted by molar-refractivity contribution is 5.75. The Bertz CT molecular complexity index is 1110. The first-order valence-corrected chi connectivity index (χ1v) is 11.7. The number of aryl methyl sites for hydroxylation is 1. The van der Waals surface area contributed by atoms with Crippen LogP contribution >= 0.6 is 0 Å². The number of ether oxygens (including phenoxy) is 1. The van der Waals surface area contributed by atoms with Crippen molar-refractivity contribution in [1.29, 1.82) is 0 Å². The Kier molecular flexibility index (Phi) is 6.65. The summed E-state index contributed by atoms with van der Waals surface area (Å²) in [7, 11) is 0. The van der Waals surface area contributed by atoms with Crippen molar-refractivity contribution in [1.82, 2.24) is 24.5 Å². The predicted octanol–water partition coefficient (Wildman–Crippen LogP) is 3.16. The van der Waals surface area contributed by atoms with Gasteiger partial charge in [0.2, 0.25) is 0 Å². The Morgan fingerprint density at radius 2 is 1.79 bits per heavy atom. The van der Waals surface area contributed by atoms with Gasteiger partial charge in [-0.1, -0.05) is 45.0 Å². The van der Waals surface area contributed by atoms with Crippen LogP contribution in [0.15, 0.2) is 30.6 Å². The van der Waals surface area contributed by atoms with Crippen molar-refractivity contribution in [2.45, 2.75) is 53.0 Å². The standard InChI is InChI=1S/C25H34N6O2/c1-6-33-22(32)15-21-18(2)28-24-26-17-27-31(24)23(21)30-13-11-29(12-14-30)16-19-7-9-20(10-8-19)25(3,4)5/h7-10,17H,6,11-16H2,1-5H3. The number of hydrogen-bond donors (Lipinski definition) is 0. The number of nitrogens with zero attached hydrogens (tertiary/aromatic N) is 6. The third-order valence-corrected chi connectivity index (χ3v) is 6.23. The Morgan fingerprint density at radius 3 is 2.42 bits per heavy atom. The highest BCUT2D eigenvalue weighted by Gasteiger charge is 2.26. The van der Waals surface area contributed by atoms with Gasteiger partial charge in [0.05, 0.1) is 13.0 Å². The minimum atomic E-state index is -0.250. The fraction of sp³-hybridized carbons (Fsp3) is 0.520. The molecule has 33 heavy (non-hydrogen) atoms. The van der Waals surface area contributed by atoms with Gasteiger partial charge in [-0.2, -0.15) is 14.6 Å². The van der Waals surface area contributed by atoms with Crippen LogP contribution < -0.4 is 4.90 Å². The van der Waals surface area contributed by atoms with E-state index in [2.05, 4.69) is 69.9 Å². The molecule has 0 radical (unpaired) electrons. The van der Waals surface area contributed by atoms with Crippen LogP contribution in [0.1, 0.15) is 50.1 Å². The topological polar surface area (TPSA) is 75.9 Å². The maximum absolute atomic E-state index is 12.3. The van der Waals surface area contributed by atoms with E-state index in [0.29, 0.717) is 12.4 Å². The molecule has 0 saturated carbocycles. The van der Waals surface area contributed by atoms with Gasteiger partial charge < -0.3 is 9.64 Å². The lowest BCUT2D eigenvalue weighted by atomic mass is 9.87. The van der Waals surface area contributed by atoms with E-state index in [0.717, 1.165) is 49.8 Å². The zero-order valence-electron chi connectivity index (χ0n) is 20.3. The Hall–Kier alpha value is -3.00. The van der Waals surface area contributed by atoms with Gasteiger partial charge in [-0.05, 0) is 30.4 Å². The van der Waals surface area contributed by atoms with Crippen molar-refractivity contribution in [2.75, 3.05) is 37.7 Å². The summed E-state index contributed by atoms with van der Waals surface area (Å²) in [5.74, 6) is 1.20.